The van der Waals surface area contributed by atoms with Crippen LogP contribution in [0.5, 0.6) is 0 Å². The predicted molar refractivity (Wildman–Crippen MR) is 84.2 cm³/mol. The molecular weight excluding hydrogens is 294 g/mol. The molecule has 0 aliphatic rings. The summed E-state index contributed by atoms with van der Waals surface area (Å²) in [6.07, 6.45) is 1.62. The third kappa shape index (κ3) is 3.56. The predicted octanol–water partition coefficient (Wildman–Crippen LogP) is 2.86. The molecule has 6 heteroatoms. The van der Waals surface area contributed by atoms with Gasteiger partial charge < -0.3 is 10.6 Å². The molecule has 20 heavy (non-hydrogen) atoms. The molecule has 0 aliphatic carbocycles. The zero-order valence-electron chi connectivity index (χ0n) is 11.4. The Morgan fingerprint density at radius 2 is 2.25 bits per heavy atom. The Hall–Kier alpha value is -1.43. The number of thiophene rings is 1. The van der Waals surface area contributed by atoms with Crippen molar-refractivity contribution in [1.82, 2.24) is 9.88 Å². The first-order valence-corrected chi connectivity index (χ1v) is 6.97. The molecule has 2 heterocycles. The largest absolute Gasteiger partial charge is 0.334 e. The smallest absolute Gasteiger partial charge is 0.254 e. The SMILES string of the molecule is CC(c1cccs1)N(C)C(=O)c1ccnc(CN)c1.Cl. The lowest BCUT2D eigenvalue weighted by Crippen LogP contribution is -2.29. The standard InChI is InChI=1S/C14H17N3OS.ClH/c1-10(13-4-3-7-19-13)17(2)14(18)11-5-6-16-12(8-11)9-15;/h3-8,10H,9,15H2,1-2H3;1H. The van der Waals surface area contributed by atoms with Crippen molar-refractivity contribution in [3.63, 3.8) is 0 Å². The molecule has 0 aliphatic heterocycles. The normalized spacial score (nSPS) is 11.6. The van der Waals surface area contributed by atoms with Crippen LogP contribution < -0.4 is 5.73 Å². The van der Waals surface area contributed by atoms with Crippen LogP contribution in [0.15, 0.2) is 35.8 Å². The first kappa shape index (κ1) is 16.6. The minimum atomic E-state index is -0.0157. The molecule has 1 amide bonds. The van der Waals surface area contributed by atoms with E-state index in [0.29, 0.717) is 12.1 Å². The van der Waals surface area contributed by atoms with Crippen molar-refractivity contribution < 1.29 is 4.79 Å². The Kier molecular flexibility index (Phi) is 6.13. The number of pyridine rings is 1. The van der Waals surface area contributed by atoms with Crippen molar-refractivity contribution >= 4 is 29.7 Å². The Balaban J connectivity index is 0.00000200. The van der Waals surface area contributed by atoms with Crippen LogP contribution in [0.25, 0.3) is 0 Å². The fourth-order valence-electron chi connectivity index (χ4n) is 1.82. The topological polar surface area (TPSA) is 59.2 Å². The van der Waals surface area contributed by atoms with Crippen LogP contribution in [-0.4, -0.2) is 22.8 Å². The second-order valence-corrected chi connectivity index (χ2v) is 5.33. The number of nitrogens with two attached hydrogens (primary N) is 1. The number of amides is 1. The summed E-state index contributed by atoms with van der Waals surface area (Å²) in [7, 11) is 1.81. The number of halogens is 1. The first-order valence-electron chi connectivity index (χ1n) is 6.09. The van der Waals surface area contributed by atoms with E-state index in [1.54, 1.807) is 34.6 Å². The molecule has 2 rings (SSSR count). The molecule has 4 nitrogen and oxygen atoms in total. The van der Waals surface area contributed by atoms with Crippen LogP contribution in [-0.2, 0) is 6.54 Å². The molecule has 0 bridgehead atoms. The van der Waals surface area contributed by atoms with E-state index in [1.807, 2.05) is 31.5 Å². The van der Waals surface area contributed by atoms with Gasteiger partial charge in [0.25, 0.3) is 5.91 Å². The number of hydrogen-bond acceptors (Lipinski definition) is 4. The highest BCUT2D eigenvalue weighted by Crippen LogP contribution is 2.24. The minimum Gasteiger partial charge on any atom is -0.334 e. The maximum Gasteiger partial charge on any atom is 0.254 e. The first-order chi connectivity index (χ1) is 9.13. The van der Waals surface area contributed by atoms with Crippen molar-refractivity contribution in [1.29, 1.82) is 0 Å². The highest BCUT2D eigenvalue weighted by Gasteiger charge is 2.19. The number of nitrogens with zero attached hydrogens (tertiary/aromatic N) is 2. The molecule has 0 aromatic carbocycles. The Labute approximate surface area is 129 Å². The van der Waals surface area contributed by atoms with Gasteiger partial charge in [-0.05, 0) is 30.5 Å². The average molecular weight is 312 g/mol. The molecule has 2 aromatic rings. The average Bonchev–Trinajstić information content (AvgIpc) is 2.99. The van der Waals surface area contributed by atoms with Crippen LogP contribution in [0.3, 0.4) is 0 Å². The van der Waals surface area contributed by atoms with Gasteiger partial charge in [-0.25, -0.2) is 0 Å². The maximum atomic E-state index is 12.4. The lowest BCUT2D eigenvalue weighted by atomic mass is 10.1. The highest BCUT2D eigenvalue weighted by atomic mass is 35.5. The number of carbonyl (C=O) groups is 1. The molecule has 0 saturated carbocycles. The van der Waals surface area contributed by atoms with Gasteiger partial charge in [0.05, 0.1) is 11.7 Å². The number of rotatable bonds is 4. The van der Waals surface area contributed by atoms with E-state index in [0.717, 1.165) is 5.69 Å². The van der Waals surface area contributed by atoms with E-state index in [9.17, 15) is 4.79 Å². The van der Waals surface area contributed by atoms with Crippen molar-refractivity contribution in [2.24, 2.45) is 5.73 Å². The summed E-state index contributed by atoms with van der Waals surface area (Å²) >= 11 is 1.65. The van der Waals surface area contributed by atoms with Crippen LogP contribution in [0.2, 0.25) is 0 Å². The summed E-state index contributed by atoms with van der Waals surface area (Å²) in [6, 6.07) is 7.56. The van der Waals surface area contributed by atoms with E-state index in [4.69, 9.17) is 5.73 Å². The maximum absolute atomic E-state index is 12.4. The van der Waals surface area contributed by atoms with Gasteiger partial charge in [-0.15, -0.1) is 23.7 Å². The van der Waals surface area contributed by atoms with Crippen molar-refractivity contribution in [2.75, 3.05) is 7.05 Å². The van der Waals surface area contributed by atoms with Gasteiger partial charge >= 0.3 is 0 Å². The third-order valence-corrected chi connectivity index (χ3v) is 4.17. The van der Waals surface area contributed by atoms with Gasteiger partial charge in [-0.3, -0.25) is 9.78 Å². The van der Waals surface area contributed by atoms with E-state index in [-0.39, 0.29) is 24.4 Å². The Morgan fingerprint density at radius 3 is 2.85 bits per heavy atom. The third-order valence-electron chi connectivity index (χ3n) is 3.13. The van der Waals surface area contributed by atoms with Gasteiger partial charge in [-0.1, -0.05) is 6.07 Å². The molecule has 108 valence electrons. The molecule has 0 spiro atoms. The second-order valence-electron chi connectivity index (χ2n) is 4.35. The Morgan fingerprint density at radius 1 is 1.50 bits per heavy atom. The molecule has 2 N–H and O–H groups in total. The van der Waals surface area contributed by atoms with Crippen molar-refractivity contribution in [3.05, 3.63) is 52.0 Å². The quantitative estimate of drug-likeness (QED) is 0.944. The monoisotopic (exact) mass is 311 g/mol. The van der Waals surface area contributed by atoms with E-state index in [1.165, 1.54) is 4.88 Å². The summed E-state index contributed by atoms with van der Waals surface area (Å²) in [5.74, 6) is -0.0157. The van der Waals surface area contributed by atoms with Crippen molar-refractivity contribution in [2.45, 2.75) is 19.5 Å². The zero-order chi connectivity index (χ0) is 13.8. The molecule has 0 fully saturated rings. The molecule has 0 saturated heterocycles. The molecule has 1 unspecified atom stereocenters. The molecule has 2 aromatic heterocycles. The summed E-state index contributed by atoms with van der Waals surface area (Å²) in [5, 5.41) is 2.02. The zero-order valence-corrected chi connectivity index (χ0v) is 13.1. The summed E-state index contributed by atoms with van der Waals surface area (Å²) in [5.41, 5.74) is 6.90. The van der Waals surface area contributed by atoms with Gasteiger partial charge in [0.15, 0.2) is 0 Å². The molecular formula is C14H18ClN3OS. The summed E-state index contributed by atoms with van der Waals surface area (Å²) < 4.78 is 0. The minimum absolute atomic E-state index is 0. The number of carbonyl (C=O) groups excluding carboxylic acids is 1. The van der Waals surface area contributed by atoms with Crippen LogP contribution in [0, 0.1) is 0 Å². The summed E-state index contributed by atoms with van der Waals surface area (Å²) in [6.45, 7) is 2.36. The molecule has 1 atom stereocenters. The van der Waals surface area contributed by atoms with Crippen LogP contribution in [0.1, 0.15) is 33.9 Å². The van der Waals surface area contributed by atoms with Crippen LogP contribution >= 0.6 is 23.7 Å². The van der Waals surface area contributed by atoms with Gasteiger partial charge in [0.2, 0.25) is 0 Å². The van der Waals surface area contributed by atoms with E-state index in [2.05, 4.69) is 4.98 Å². The van der Waals surface area contributed by atoms with Gasteiger partial charge in [-0.2, -0.15) is 0 Å². The van der Waals surface area contributed by atoms with Gasteiger partial charge in [0.1, 0.15) is 0 Å². The lowest BCUT2D eigenvalue weighted by molar-refractivity contribution is 0.0744. The second kappa shape index (κ2) is 7.38. The Bertz CT molecular complexity index is 559. The molecule has 0 radical (unpaired) electrons. The fourth-order valence-corrected chi connectivity index (χ4v) is 2.65. The van der Waals surface area contributed by atoms with E-state index >= 15 is 0 Å². The van der Waals surface area contributed by atoms with Crippen molar-refractivity contribution in [3.8, 4) is 0 Å². The van der Waals surface area contributed by atoms with Crippen LogP contribution in [0.4, 0.5) is 0 Å². The number of hydrogen-bond donors (Lipinski definition) is 1. The fraction of sp³-hybridized carbons (Fsp3) is 0.286. The number of aromatic nitrogens is 1. The lowest BCUT2D eigenvalue weighted by Gasteiger charge is -2.24. The van der Waals surface area contributed by atoms with Gasteiger partial charge in [0, 0.05) is 30.2 Å². The summed E-state index contributed by atoms with van der Waals surface area (Å²) in [4.78, 5) is 19.4. The highest BCUT2D eigenvalue weighted by molar-refractivity contribution is 7.10. The van der Waals surface area contributed by atoms with E-state index < -0.39 is 0 Å².